The van der Waals surface area contributed by atoms with Gasteiger partial charge in [0.25, 0.3) is 0 Å². The SMILES string of the molecule is Cc1ccnc(N2C[C@@H](C(F)(F)F)[C@H](C(=O)O)C2)c1. The molecule has 0 amide bonds. The normalized spacial score (nSPS) is 23.7. The van der Waals surface area contributed by atoms with Crippen LogP contribution in [0.4, 0.5) is 19.0 Å². The van der Waals surface area contributed by atoms with Crippen LogP contribution in [0, 0.1) is 18.8 Å². The van der Waals surface area contributed by atoms with E-state index in [9.17, 15) is 18.0 Å². The van der Waals surface area contributed by atoms with Gasteiger partial charge in [-0.2, -0.15) is 13.2 Å². The number of halogens is 3. The standard InChI is InChI=1S/C12H13F3N2O2/c1-7-2-3-16-10(4-7)17-5-8(11(18)19)9(6-17)12(13,14)15/h2-4,8-9H,5-6H2,1H3,(H,18,19)/t8-,9-/m1/s1. The summed E-state index contributed by atoms with van der Waals surface area (Å²) in [5.74, 6) is -4.33. The zero-order valence-corrected chi connectivity index (χ0v) is 10.2. The predicted molar refractivity (Wildman–Crippen MR) is 61.9 cm³/mol. The summed E-state index contributed by atoms with van der Waals surface area (Å²) in [6.45, 7) is 1.27. The molecule has 104 valence electrons. The summed E-state index contributed by atoms with van der Waals surface area (Å²) >= 11 is 0. The minimum Gasteiger partial charge on any atom is -0.481 e. The zero-order chi connectivity index (χ0) is 14.2. The molecular weight excluding hydrogens is 261 g/mol. The van der Waals surface area contributed by atoms with Crippen molar-refractivity contribution in [1.82, 2.24) is 4.98 Å². The fourth-order valence-corrected chi connectivity index (χ4v) is 2.27. The fourth-order valence-electron chi connectivity index (χ4n) is 2.27. The molecule has 0 aliphatic carbocycles. The molecule has 2 heterocycles. The van der Waals surface area contributed by atoms with Crippen LogP contribution in [0.2, 0.25) is 0 Å². The van der Waals surface area contributed by atoms with Gasteiger partial charge in [0.05, 0.1) is 11.8 Å². The number of aryl methyl sites for hydroxylation is 1. The minimum atomic E-state index is -4.51. The van der Waals surface area contributed by atoms with Crippen LogP contribution in [-0.4, -0.2) is 35.3 Å². The molecule has 0 spiro atoms. The van der Waals surface area contributed by atoms with Crippen molar-refractivity contribution in [3.05, 3.63) is 23.9 Å². The van der Waals surface area contributed by atoms with Gasteiger partial charge in [-0.15, -0.1) is 0 Å². The van der Waals surface area contributed by atoms with Crippen molar-refractivity contribution in [3.8, 4) is 0 Å². The van der Waals surface area contributed by atoms with E-state index in [-0.39, 0.29) is 13.1 Å². The Bertz CT molecular complexity index is 490. The first-order valence-electron chi connectivity index (χ1n) is 5.76. The van der Waals surface area contributed by atoms with E-state index >= 15 is 0 Å². The third kappa shape index (κ3) is 2.80. The molecule has 2 rings (SSSR count). The number of anilines is 1. The number of hydrogen-bond donors (Lipinski definition) is 1. The molecule has 0 unspecified atom stereocenters. The molecule has 2 atom stereocenters. The van der Waals surface area contributed by atoms with Crippen molar-refractivity contribution in [3.63, 3.8) is 0 Å². The lowest BCUT2D eigenvalue weighted by molar-refractivity contribution is -0.187. The number of pyridine rings is 1. The van der Waals surface area contributed by atoms with Crippen LogP contribution in [-0.2, 0) is 4.79 Å². The second-order valence-electron chi connectivity index (χ2n) is 4.69. The predicted octanol–water partition coefficient (Wildman–Crippen LogP) is 2.09. The fraction of sp³-hybridized carbons (Fsp3) is 0.500. The third-order valence-corrected chi connectivity index (χ3v) is 3.28. The quantitative estimate of drug-likeness (QED) is 0.897. The molecule has 0 saturated carbocycles. The van der Waals surface area contributed by atoms with Crippen molar-refractivity contribution in [2.24, 2.45) is 11.8 Å². The second kappa shape index (κ2) is 4.71. The number of carbonyl (C=O) groups is 1. The number of carboxylic acids is 1. The molecule has 1 fully saturated rings. The second-order valence-corrected chi connectivity index (χ2v) is 4.69. The first-order valence-corrected chi connectivity index (χ1v) is 5.76. The van der Waals surface area contributed by atoms with Gasteiger partial charge in [0.15, 0.2) is 0 Å². The van der Waals surface area contributed by atoms with Gasteiger partial charge in [-0.1, -0.05) is 0 Å². The van der Waals surface area contributed by atoms with Crippen LogP contribution in [0.25, 0.3) is 0 Å². The first-order chi connectivity index (χ1) is 8.79. The van der Waals surface area contributed by atoms with Crippen molar-refractivity contribution in [1.29, 1.82) is 0 Å². The number of rotatable bonds is 2. The van der Waals surface area contributed by atoms with Gasteiger partial charge in [0.2, 0.25) is 0 Å². The molecular formula is C12H13F3N2O2. The van der Waals surface area contributed by atoms with Gasteiger partial charge in [-0.05, 0) is 24.6 Å². The molecule has 1 saturated heterocycles. The van der Waals surface area contributed by atoms with Crippen molar-refractivity contribution in [2.45, 2.75) is 13.1 Å². The Morgan fingerprint density at radius 3 is 2.63 bits per heavy atom. The molecule has 1 N–H and O–H groups in total. The molecule has 1 aliphatic heterocycles. The summed E-state index contributed by atoms with van der Waals surface area (Å²) in [6, 6.07) is 3.38. The number of hydrogen-bond acceptors (Lipinski definition) is 3. The maximum atomic E-state index is 12.8. The lowest BCUT2D eigenvalue weighted by Gasteiger charge is -2.19. The van der Waals surface area contributed by atoms with Gasteiger partial charge in [0.1, 0.15) is 5.82 Å². The molecule has 4 nitrogen and oxygen atoms in total. The van der Waals surface area contributed by atoms with Crippen LogP contribution in [0.5, 0.6) is 0 Å². The van der Waals surface area contributed by atoms with E-state index < -0.39 is 24.0 Å². The number of carboxylic acid groups (broad SMARTS) is 1. The van der Waals surface area contributed by atoms with Gasteiger partial charge in [-0.25, -0.2) is 4.98 Å². The number of aromatic nitrogens is 1. The number of aliphatic carboxylic acids is 1. The van der Waals surface area contributed by atoms with E-state index in [0.717, 1.165) is 5.56 Å². The first kappa shape index (κ1) is 13.6. The monoisotopic (exact) mass is 274 g/mol. The van der Waals surface area contributed by atoms with E-state index in [4.69, 9.17) is 5.11 Å². The Kier molecular flexibility index (Phi) is 3.38. The molecule has 1 aliphatic rings. The van der Waals surface area contributed by atoms with Crippen molar-refractivity contribution < 1.29 is 23.1 Å². The van der Waals surface area contributed by atoms with Crippen LogP contribution in [0.3, 0.4) is 0 Å². The summed E-state index contributed by atoms with van der Waals surface area (Å²) in [5.41, 5.74) is 0.868. The Labute approximate surface area is 107 Å². The zero-order valence-electron chi connectivity index (χ0n) is 10.2. The molecule has 1 aromatic rings. The summed E-state index contributed by atoms with van der Waals surface area (Å²) in [5, 5.41) is 8.92. The average molecular weight is 274 g/mol. The van der Waals surface area contributed by atoms with Gasteiger partial charge in [-0.3, -0.25) is 4.79 Å². The number of nitrogens with zero attached hydrogens (tertiary/aromatic N) is 2. The van der Waals surface area contributed by atoms with Crippen LogP contribution >= 0.6 is 0 Å². The maximum Gasteiger partial charge on any atom is 0.394 e. The topological polar surface area (TPSA) is 53.4 Å². The van der Waals surface area contributed by atoms with Gasteiger partial charge < -0.3 is 10.0 Å². The highest BCUT2D eigenvalue weighted by molar-refractivity contribution is 5.72. The van der Waals surface area contributed by atoms with Gasteiger partial charge in [0, 0.05) is 19.3 Å². The third-order valence-electron chi connectivity index (χ3n) is 3.28. The smallest absolute Gasteiger partial charge is 0.394 e. The largest absolute Gasteiger partial charge is 0.481 e. The Hall–Kier alpha value is -1.79. The molecule has 7 heteroatoms. The Morgan fingerprint density at radius 2 is 2.16 bits per heavy atom. The van der Waals surface area contributed by atoms with Crippen molar-refractivity contribution >= 4 is 11.8 Å². The summed E-state index contributed by atoms with van der Waals surface area (Å²) in [7, 11) is 0. The van der Waals surface area contributed by atoms with Crippen molar-refractivity contribution in [2.75, 3.05) is 18.0 Å². The Balaban J connectivity index is 2.25. The van der Waals surface area contributed by atoms with E-state index in [2.05, 4.69) is 4.98 Å². The van der Waals surface area contributed by atoms with E-state index in [0.29, 0.717) is 5.82 Å². The highest BCUT2D eigenvalue weighted by atomic mass is 19.4. The van der Waals surface area contributed by atoms with Crippen LogP contribution in [0.15, 0.2) is 18.3 Å². The highest BCUT2D eigenvalue weighted by Gasteiger charge is 2.52. The highest BCUT2D eigenvalue weighted by Crippen LogP contribution is 2.38. The summed E-state index contributed by atoms with van der Waals surface area (Å²) < 4.78 is 38.5. The minimum absolute atomic E-state index is 0.171. The summed E-state index contributed by atoms with van der Waals surface area (Å²) in [4.78, 5) is 16.3. The summed E-state index contributed by atoms with van der Waals surface area (Å²) in [6.07, 6.45) is -3.01. The Morgan fingerprint density at radius 1 is 1.47 bits per heavy atom. The van der Waals surface area contributed by atoms with Gasteiger partial charge >= 0.3 is 12.1 Å². The lowest BCUT2D eigenvalue weighted by atomic mass is 9.96. The number of alkyl halides is 3. The maximum absolute atomic E-state index is 12.8. The molecule has 19 heavy (non-hydrogen) atoms. The van der Waals surface area contributed by atoms with Crippen LogP contribution in [0.1, 0.15) is 5.56 Å². The molecule has 0 aromatic carbocycles. The lowest BCUT2D eigenvalue weighted by Crippen LogP contribution is -2.33. The van der Waals surface area contributed by atoms with E-state index in [1.165, 1.54) is 11.1 Å². The molecule has 0 bridgehead atoms. The van der Waals surface area contributed by atoms with Crippen LogP contribution < -0.4 is 4.90 Å². The molecule has 1 aromatic heterocycles. The van der Waals surface area contributed by atoms with E-state index in [1.807, 2.05) is 0 Å². The molecule has 0 radical (unpaired) electrons. The average Bonchev–Trinajstić information content (AvgIpc) is 2.73. The van der Waals surface area contributed by atoms with E-state index in [1.54, 1.807) is 19.1 Å².